The van der Waals surface area contributed by atoms with Crippen molar-refractivity contribution in [1.29, 1.82) is 0 Å². The number of ether oxygens (including phenoxy) is 1. The molecule has 0 aromatic rings. The van der Waals surface area contributed by atoms with Crippen LogP contribution in [0.3, 0.4) is 0 Å². The summed E-state index contributed by atoms with van der Waals surface area (Å²) in [5.74, 6) is -0.582. The van der Waals surface area contributed by atoms with Crippen LogP contribution < -0.4 is 0 Å². The number of hydrogen-bond acceptors (Lipinski definition) is 6. The third-order valence-electron chi connectivity index (χ3n) is 6.11. The number of carbonyl (C=O) groups is 1. The molecule has 0 aromatic heterocycles. The maximum Gasteiger partial charge on any atom is 0.345 e. The molecule has 144 valence electrons. The highest BCUT2D eigenvalue weighted by atomic mass is 17.2. The van der Waals surface area contributed by atoms with Crippen LogP contribution in [0.25, 0.3) is 0 Å². The fraction of sp³-hybridized carbons (Fsp3) is 0.947. The van der Waals surface area contributed by atoms with Crippen molar-refractivity contribution in [3.8, 4) is 0 Å². The molecule has 6 heteroatoms. The lowest BCUT2D eigenvalue weighted by molar-refractivity contribution is -0.517. The molecule has 4 fully saturated rings. The molecule has 0 amide bonds. The largest absolute Gasteiger partial charge is 0.345 e. The van der Waals surface area contributed by atoms with Gasteiger partial charge in [-0.15, -0.1) is 0 Å². The topological polar surface area (TPSA) is 63.2 Å². The van der Waals surface area contributed by atoms with E-state index in [-0.39, 0.29) is 17.8 Å². The van der Waals surface area contributed by atoms with Gasteiger partial charge in [0.05, 0.1) is 12.5 Å². The zero-order chi connectivity index (χ0) is 18.5. The van der Waals surface area contributed by atoms with Gasteiger partial charge in [0.25, 0.3) is 0 Å². The van der Waals surface area contributed by atoms with E-state index in [1.807, 2.05) is 34.6 Å². The smallest absolute Gasteiger partial charge is 0.344 e. The Labute approximate surface area is 150 Å². The van der Waals surface area contributed by atoms with Gasteiger partial charge in [0.15, 0.2) is 5.79 Å². The molecular weight excluding hydrogens is 324 g/mol. The summed E-state index contributed by atoms with van der Waals surface area (Å²) in [5, 5.41) is 0. The summed E-state index contributed by atoms with van der Waals surface area (Å²) in [7, 11) is 0. The van der Waals surface area contributed by atoms with Gasteiger partial charge < -0.3 is 4.74 Å². The maximum absolute atomic E-state index is 12.6. The van der Waals surface area contributed by atoms with E-state index in [0.29, 0.717) is 18.4 Å². The van der Waals surface area contributed by atoms with Crippen molar-refractivity contribution in [3.05, 3.63) is 0 Å². The van der Waals surface area contributed by atoms with E-state index in [1.54, 1.807) is 0 Å². The molecule has 4 aliphatic rings. The highest BCUT2D eigenvalue weighted by molar-refractivity contribution is 5.72. The normalized spacial score (nSPS) is 42.4. The summed E-state index contributed by atoms with van der Waals surface area (Å²) in [4.78, 5) is 34.6. The highest BCUT2D eigenvalue weighted by Gasteiger charge is 2.61. The first kappa shape index (κ1) is 19.1. The molecule has 0 unspecified atom stereocenters. The monoisotopic (exact) mass is 356 g/mol. The second kappa shape index (κ2) is 6.48. The van der Waals surface area contributed by atoms with Gasteiger partial charge in [0, 0.05) is 12.3 Å². The summed E-state index contributed by atoms with van der Waals surface area (Å²) in [5.41, 5.74) is -1.12. The van der Waals surface area contributed by atoms with Crippen molar-refractivity contribution in [1.82, 2.24) is 0 Å². The van der Waals surface area contributed by atoms with Crippen molar-refractivity contribution < 1.29 is 29.1 Å². The van der Waals surface area contributed by atoms with Crippen LogP contribution in [0.15, 0.2) is 0 Å². The molecule has 0 radical (unpaired) electrons. The Morgan fingerprint density at radius 1 is 1.20 bits per heavy atom. The molecule has 1 aliphatic carbocycles. The average Bonchev–Trinajstić information content (AvgIpc) is 2.79. The van der Waals surface area contributed by atoms with Crippen LogP contribution in [0.2, 0.25) is 0 Å². The van der Waals surface area contributed by atoms with Gasteiger partial charge in [0.1, 0.15) is 11.2 Å². The molecule has 25 heavy (non-hydrogen) atoms. The van der Waals surface area contributed by atoms with Crippen LogP contribution in [-0.4, -0.2) is 29.6 Å². The third-order valence-corrected chi connectivity index (χ3v) is 6.11. The molecule has 1 saturated carbocycles. The van der Waals surface area contributed by atoms with Crippen LogP contribution in [0.4, 0.5) is 0 Å². The molecule has 6 nitrogen and oxygen atoms in total. The van der Waals surface area contributed by atoms with E-state index in [1.165, 1.54) is 0 Å². The Morgan fingerprint density at radius 3 is 2.52 bits per heavy atom. The molecule has 3 saturated heterocycles. The zero-order valence-electron chi connectivity index (χ0n) is 16.3. The van der Waals surface area contributed by atoms with Crippen molar-refractivity contribution >= 4 is 5.97 Å². The zero-order valence-corrected chi connectivity index (χ0v) is 16.3. The second-order valence-electron chi connectivity index (χ2n) is 9.24. The molecule has 3 heterocycles. The lowest BCUT2D eigenvalue weighted by Crippen LogP contribution is -2.61. The fourth-order valence-electron chi connectivity index (χ4n) is 4.60. The molecule has 0 N–H and O–H groups in total. The summed E-state index contributed by atoms with van der Waals surface area (Å²) in [6.07, 6.45) is 3.73. The number of fused-ring (bicyclic) bond motifs is 3. The number of hydrogen-bond donors (Lipinski definition) is 0. The Morgan fingerprint density at radius 2 is 1.92 bits per heavy atom. The minimum absolute atomic E-state index is 0.0209. The van der Waals surface area contributed by atoms with Gasteiger partial charge in [-0.25, -0.2) is 14.6 Å². The Kier molecular flexibility index (Phi) is 4.95. The third kappa shape index (κ3) is 3.59. The first-order valence-corrected chi connectivity index (χ1v) is 9.47. The molecule has 1 spiro atoms. The van der Waals surface area contributed by atoms with Crippen LogP contribution in [0, 0.1) is 23.7 Å². The van der Waals surface area contributed by atoms with Crippen molar-refractivity contribution in [3.63, 3.8) is 0 Å². The summed E-state index contributed by atoms with van der Waals surface area (Å²) in [6.45, 7) is 12.1. The van der Waals surface area contributed by atoms with E-state index in [0.717, 1.165) is 25.7 Å². The predicted molar refractivity (Wildman–Crippen MR) is 90.0 cm³/mol. The van der Waals surface area contributed by atoms with Gasteiger partial charge in [-0.05, 0) is 58.8 Å². The summed E-state index contributed by atoms with van der Waals surface area (Å²) in [6, 6.07) is 0. The van der Waals surface area contributed by atoms with Crippen LogP contribution in [-0.2, 0) is 29.1 Å². The molecule has 6 atom stereocenters. The Hall–Kier alpha value is -0.690. The first-order valence-electron chi connectivity index (χ1n) is 9.47. The average molecular weight is 356 g/mol. The van der Waals surface area contributed by atoms with Crippen LogP contribution in [0.1, 0.15) is 67.2 Å². The van der Waals surface area contributed by atoms with E-state index >= 15 is 0 Å². The Balaban J connectivity index is 1.80. The van der Waals surface area contributed by atoms with Gasteiger partial charge in [-0.3, -0.25) is 4.89 Å². The predicted octanol–water partition coefficient (Wildman–Crippen LogP) is 3.79. The van der Waals surface area contributed by atoms with Crippen molar-refractivity contribution in [2.45, 2.75) is 84.2 Å². The molecule has 0 aromatic carbocycles. The molecular formula is C19H32O6. The molecule has 4 rings (SSSR count). The quantitative estimate of drug-likeness (QED) is 0.566. The number of rotatable bonds is 3. The first-order chi connectivity index (χ1) is 11.6. The number of carbonyl (C=O) groups excluding carboxylic acids is 1. The van der Waals surface area contributed by atoms with Crippen molar-refractivity contribution in [2.75, 3.05) is 6.61 Å². The molecule has 3 aliphatic heterocycles. The van der Waals surface area contributed by atoms with Crippen LogP contribution >= 0.6 is 0 Å². The van der Waals surface area contributed by atoms with Gasteiger partial charge >= 0.3 is 5.97 Å². The second-order valence-corrected chi connectivity index (χ2v) is 9.24. The molecule has 2 bridgehead atoms. The lowest BCUT2D eigenvalue weighted by Gasteiger charge is -2.52. The van der Waals surface area contributed by atoms with E-state index in [4.69, 9.17) is 24.3 Å². The van der Waals surface area contributed by atoms with Crippen LogP contribution in [0.5, 0.6) is 0 Å². The lowest BCUT2D eigenvalue weighted by atomic mass is 9.60. The van der Waals surface area contributed by atoms with Gasteiger partial charge in [-0.2, -0.15) is 4.89 Å². The highest BCUT2D eigenvalue weighted by Crippen LogP contribution is 2.55. The van der Waals surface area contributed by atoms with E-state index in [9.17, 15) is 4.79 Å². The van der Waals surface area contributed by atoms with Gasteiger partial charge in [0.2, 0.25) is 0 Å². The van der Waals surface area contributed by atoms with Crippen molar-refractivity contribution in [2.24, 2.45) is 23.7 Å². The maximum atomic E-state index is 12.6. The minimum atomic E-state index is -0.675. The summed E-state index contributed by atoms with van der Waals surface area (Å²) >= 11 is 0. The minimum Gasteiger partial charge on any atom is -0.344 e. The SMILES string of the molecule is C[C@@H]1CC[C@@H]([C@@H](C)C(=O)OOC(C)(C)C)[C@@]23CO[C@@](C)(CC[C@@H]12)OO3. The van der Waals surface area contributed by atoms with Gasteiger partial charge in [-0.1, -0.05) is 13.8 Å². The fourth-order valence-corrected chi connectivity index (χ4v) is 4.60. The van der Waals surface area contributed by atoms with E-state index < -0.39 is 17.0 Å². The Bertz CT molecular complexity index is 503. The summed E-state index contributed by atoms with van der Waals surface area (Å²) < 4.78 is 6.04. The standard InChI is InChI=1S/C19H32O6/c1-12-7-8-15(13(2)16(20)22-23-17(3,4)5)19-11-21-18(6,24-25-19)10-9-14(12)19/h12-15H,7-11H2,1-6H3/t12-,13-,14+,15+,18-,19-/m1/s1. The van der Waals surface area contributed by atoms with E-state index in [2.05, 4.69) is 6.92 Å².